The molecule has 0 spiro atoms. The molecule has 0 saturated carbocycles. The van der Waals surface area contributed by atoms with Gasteiger partial charge in [-0.3, -0.25) is 9.80 Å². The second kappa shape index (κ2) is 6.54. The van der Waals surface area contributed by atoms with Gasteiger partial charge in [0.25, 0.3) is 0 Å². The first-order valence-electron chi connectivity index (χ1n) is 7.38. The van der Waals surface area contributed by atoms with E-state index in [0.29, 0.717) is 33.5 Å². The molecule has 3 aromatic rings. The van der Waals surface area contributed by atoms with Crippen LogP contribution in [0.4, 0.5) is 5.69 Å². The van der Waals surface area contributed by atoms with Gasteiger partial charge in [-0.2, -0.15) is 0 Å². The van der Waals surface area contributed by atoms with Gasteiger partial charge in [0, 0.05) is 14.1 Å². The summed E-state index contributed by atoms with van der Waals surface area (Å²) in [6.07, 6.45) is 1.47. The van der Waals surface area contributed by atoms with Crippen LogP contribution in [0.25, 0.3) is 22.1 Å². The number of methoxy groups -OCH3 is 1. The lowest BCUT2D eigenvalue weighted by molar-refractivity contribution is 0.399. The normalized spacial score (nSPS) is 11.1. The largest absolute Gasteiger partial charge is 0.494 e. The Kier molecular flexibility index (Phi) is 4.29. The minimum Gasteiger partial charge on any atom is -0.494 e. The van der Waals surface area contributed by atoms with Gasteiger partial charge in [0.1, 0.15) is 23.3 Å². The smallest absolute Gasteiger partial charge is 0.200 e. The van der Waals surface area contributed by atoms with Gasteiger partial charge in [0.15, 0.2) is 5.43 Å². The molecule has 0 aliphatic carbocycles. The summed E-state index contributed by atoms with van der Waals surface area (Å²) in [6, 6.07) is 12.5. The quantitative estimate of drug-likeness (QED) is 0.537. The Hall–Kier alpha value is -3.15. The molecule has 3 rings (SSSR count). The second-order valence-electron chi connectivity index (χ2n) is 5.40. The monoisotopic (exact) mass is 323 g/mol. The molecule has 0 radical (unpaired) electrons. The van der Waals surface area contributed by atoms with Crippen molar-refractivity contribution in [2.24, 2.45) is 10.3 Å². The lowest BCUT2D eigenvalue weighted by Crippen LogP contribution is -2.04. The molecule has 0 atom stereocenters. The first kappa shape index (κ1) is 15.7. The average Bonchev–Trinajstić information content (AvgIpc) is 2.60. The Bertz CT molecular complexity index is 961. The molecule has 6 nitrogen and oxygen atoms in total. The summed E-state index contributed by atoms with van der Waals surface area (Å²) >= 11 is 0. The van der Waals surface area contributed by atoms with Gasteiger partial charge < -0.3 is 9.15 Å². The summed E-state index contributed by atoms with van der Waals surface area (Å²) < 4.78 is 10.9. The van der Waals surface area contributed by atoms with Crippen LogP contribution < -0.4 is 10.2 Å². The summed E-state index contributed by atoms with van der Waals surface area (Å²) in [4.78, 5) is 12.7. The molecule has 0 amide bonds. The zero-order chi connectivity index (χ0) is 17.1. The SMILES string of the molecule is COc1ccc(-c2coc3ccccc3c2=O)cc1N=NN(C)C. The maximum absolute atomic E-state index is 12.7. The Morgan fingerprint density at radius 1 is 1.12 bits per heavy atom. The third-order valence-electron chi connectivity index (χ3n) is 3.50. The van der Waals surface area contributed by atoms with Crippen LogP contribution in [-0.4, -0.2) is 26.2 Å². The van der Waals surface area contributed by atoms with Crippen LogP contribution in [0.3, 0.4) is 0 Å². The fraction of sp³-hybridized carbons (Fsp3) is 0.167. The average molecular weight is 323 g/mol. The fourth-order valence-corrected chi connectivity index (χ4v) is 2.35. The Morgan fingerprint density at radius 3 is 2.67 bits per heavy atom. The lowest BCUT2D eigenvalue weighted by Gasteiger charge is -2.08. The van der Waals surface area contributed by atoms with E-state index in [4.69, 9.17) is 9.15 Å². The van der Waals surface area contributed by atoms with Crippen LogP contribution in [0, 0.1) is 0 Å². The highest BCUT2D eigenvalue weighted by molar-refractivity contribution is 5.82. The van der Waals surface area contributed by atoms with E-state index >= 15 is 0 Å². The molecule has 6 heteroatoms. The van der Waals surface area contributed by atoms with Crippen LogP contribution >= 0.6 is 0 Å². The van der Waals surface area contributed by atoms with Gasteiger partial charge in [-0.25, -0.2) is 0 Å². The summed E-state index contributed by atoms with van der Waals surface area (Å²) in [5.74, 6) is 0.578. The number of benzene rings is 2. The van der Waals surface area contributed by atoms with Crippen molar-refractivity contribution in [3.63, 3.8) is 0 Å². The summed E-state index contributed by atoms with van der Waals surface area (Å²) in [5.41, 5.74) is 2.18. The van der Waals surface area contributed by atoms with E-state index in [1.807, 2.05) is 12.1 Å². The van der Waals surface area contributed by atoms with E-state index < -0.39 is 0 Å². The molecule has 0 unspecified atom stereocenters. The van der Waals surface area contributed by atoms with Gasteiger partial charge in [-0.05, 0) is 29.8 Å². The van der Waals surface area contributed by atoms with Gasteiger partial charge in [-0.1, -0.05) is 23.4 Å². The molecule has 1 heterocycles. The Morgan fingerprint density at radius 2 is 1.92 bits per heavy atom. The van der Waals surface area contributed by atoms with Gasteiger partial charge in [0.2, 0.25) is 0 Å². The molecular weight excluding hydrogens is 306 g/mol. The molecule has 122 valence electrons. The topological polar surface area (TPSA) is 67.4 Å². The van der Waals surface area contributed by atoms with Crippen LogP contribution in [0.5, 0.6) is 5.75 Å². The third kappa shape index (κ3) is 2.99. The number of nitrogens with zero attached hydrogens (tertiary/aromatic N) is 3. The fourth-order valence-electron chi connectivity index (χ4n) is 2.35. The van der Waals surface area contributed by atoms with Crippen LogP contribution in [0.2, 0.25) is 0 Å². The van der Waals surface area contributed by atoms with Crippen molar-refractivity contribution >= 4 is 16.7 Å². The zero-order valence-corrected chi connectivity index (χ0v) is 13.7. The van der Waals surface area contributed by atoms with Gasteiger partial charge >= 0.3 is 0 Å². The molecule has 0 fully saturated rings. The number of hydrogen-bond acceptors (Lipinski definition) is 5. The third-order valence-corrected chi connectivity index (χ3v) is 3.50. The Labute approximate surface area is 139 Å². The molecule has 0 bridgehead atoms. The van der Waals surface area contributed by atoms with E-state index in [0.717, 1.165) is 0 Å². The highest BCUT2D eigenvalue weighted by Gasteiger charge is 2.11. The molecule has 0 saturated heterocycles. The molecule has 24 heavy (non-hydrogen) atoms. The highest BCUT2D eigenvalue weighted by atomic mass is 16.5. The molecule has 0 N–H and O–H groups in total. The number of fused-ring (bicyclic) bond motifs is 1. The van der Waals surface area contributed by atoms with Crippen molar-refractivity contribution < 1.29 is 9.15 Å². The van der Waals surface area contributed by atoms with Gasteiger partial charge in [0.05, 0.1) is 18.1 Å². The van der Waals surface area contributed by atoms with Crippen LogP contribution in [0.15, 0.2) is 68.3 Å². The van der Waals surface area contributed by atoms with Crippen LogP contribution in [-0.2, 0) is 0 Å². The summed E-state index contributed by atoms with van der Waals surface area (Å²) in [7, 11) is 5.11. The van der Waals surface area contributed by atoms with Crippen LogP contribution in [0.1, 0.15) is 0 Å². The number of para-hydroxylation sites is 1. The van der Waals surface area contributed by atoms with Crippen molar-refractivity contribution in [2.45, 2.75) is 0 Å². The molecule has 2 aromatic carbocycles. The van der Waals surface area contributed by atoms with Crippen molar-refractivity contribution in [3.8, 4) is 16.9 Å². The van der Waals surface area contributed by atoms with Crippen molar-refractivity contribution in [1.29, 1.82) is 0 Å². The minimum absolute atomic E-state index is 0.0856. The molecule has 0 aliphatic heterocycles. The number of rotatable bonds is 4. The van der Waals surface area contributed by atoms with E-state index in [1.165, 1.54) is 6.26 Å². The lowest BCUT2D eigenvalue weighted by atomic mass is 10.0. The van der Waals surface area contributed by atoms with Crippen molar-refractivity contribution in [1.82, 2.24) is 5.01 Å². The number of hydrogen-bond donors (Lipinski definition) is 0. The van der Waals surface area contributed by atoms with Crippen molar-refractivity contribution in [2.75, 3.05) is 21.2 Å². The second-order valence-corrected chi connectivity index (χ2v) is 5.40. The molecule has 1 aromatic heterocycles. The van der Waals surface area contributed by atoms with E-state index in [9.17, 15) is 4.79 Å². The zero-order valence-electron chi connectivity index (χ0n) is 13.7. The maximum atomic E-state index is 12.7. The predicted molar refractivity (Wildman–Crippen MR) is 92.7 cm³/mol. The maximum Gasteiger partial charge on any atom is 0.200 e. The molecule has 0 aliphatic rings. The predicted octanol–water partition coefficient (Wildman–Crippen LogP) is 4.03. The first-order chi connectivity index (χ1) is 11.6. The van der Waals surface area contributed by atoms with Gasteiger partial charge in [-0.15, -0.1) is 5.11 Å². The number of ether oxygens (including phenoxy) is 1. The minimum atomic E-state index is -0.0856. The summed E-state index contributed by atoms with van der Waals surface area (Å²) in [5, 5.41) is 10.3. The van der Waals surface area contributed by atoms with E-state index in [2.05, 4.69) is 10.3 Å². The first-order valence-corrected chi connectivity index (χ1v) is 7.38. The standard InChI is InChI=1S/C18H17N3O3/c1-21(2)20-19-15-10-12(8-9-17(15)23-3)14-11-24-16-7-5-4-6-13(16)18(14)22/h4-11H,1-3H3. The molecular formula is C18H17N3O3. The van der Waals surface area contributed by atoms with E-state index in [1.54, 1.807) is 56.5 Å². The van der Waals surface area contributed by atoms with E-state index in [-0.39, 0.29) is 5.43 Å². The van der Waals surface area contributed by atoms with Crippen molar-refractivity contribution in [3.05, 3.63) is 59.0 Å². The highest BCUT2D eigenvalue weighted by Crippen LogP contribution is 2.32. The Balaban J connectivity index is 2.15. The summed E-state index contributed by atoms with van der Waals surface area (Å²) in [6.45, 7) is 0.